The second-order valence-electron chi connectivity index (χ2n) is 7.05. The van der Waals surface area contributed by atoms with Gasteiger partial charge in [0.25, 0.3) is 5.91 Å². The number of hydrogen-bond donors (Lipinski definition) is 1. The number of fused-ring (bicyclic) bond motifs is 2. The number of amides is 1. The van der Waals surface area contributed by atoms with E-state index in [0.29, 0.717) is 55.9 Å². The summed E-state index contributed by atoms with van der Waals surface area (Å²) in [4.78, 5) is 17.8. The molecule has 4 aromatic rings. The summed E-state index contributed by atoms with van der Waals surface area (Å²) in [7, 11) is 1.77. The molecule has 156 valence electrons. The maximum absolute atomic E-state index is 13.1. The molecular formula is C22H16Cl2N4O3. The zero-order valence-corrected chi connectivity index (χ0v) is 17.9. The van der Waals surface area contributed by atoms with E-state index in [1.54, 1.807) is 42.2 Å². The zero-order valence-electron chi connectivity index (χ0n) is 16.4. The first-order valence-electron chi connectivity index (χ1n) is 9.44. The molecule has 2 aromatic heterocycles. The molecule has 1 amide bonds. The number of ether oxygens (including phenoxy) is 2. The predicted molar refractivity (Wildman–Crippen MR) is 118 cm³/mol. The molecule has 9 heteroatoms. The highest BCUT2D eigenvalue weighted by atomic mass is 35.5. The number of nitrogens with one attached hydrogen (secondary N) is 1. The molecule has 1 aliphatic rings. The molecule has 0 aliphatic carbocycles. The molecule has 0 unspecified atom stereocenters. The summed E-state index contributed by atoms with van der Waals surface area (Å²) in [5, 5.41) is 8.84. The van der Waals surface area contributed by atoms with Crippen LogP contribution in [-0.4, -0.2) is 27.5 Å². The van der Waals surface area contributed by atoms with Crippen LogP contribution in [0.1, 0.15) is 15.9 Å². The summed E-state index contributed by atoms with van der Waals surface area (Å²) in [6.45, 7) is 0.535. The average Bonchev–Trinajstić information content (AvgIpc) is 3.37. The van der Waals surface area contributed by atoms with Crippen molar-refractivity contribution in [2.24, 2.45) is 7.05 Å². The van der Waals surface area contributed by atoms with Crippen LogP contribution in [0.5, 0.6) is 11.5 Å². The number of pyridine rings is 1. The summed E-state index contributed by atoms with van der Waals surface area (Å²) in [6.07, 6.45) is 1.63. The summed E-state index contributed by atoms with van der Waals surface area (Å²) < 4.78 is 12.3. The van der Waals surface area contributed by atoms with Gasteiger partial charge in [-0.3, -0.25) is 9.48 Å². The van der Waals surface area contributed by atoms with Crippen molar-refractivity contribution >= 4 is 40.1 Å². The van der Waals surface area contributed by atoms with Crippen molar-refractivity contribution in [2.75, 3.05) is 6.79 Å². The van der Waals surface area contributed by atoms with Crippen molar-refractivity contribution in [2.45, 2.75) is 6.54 Å². The van der Waals surface area contributed by atoms with Gasteiger partial charge in [-0.1, -0.05) is 29.3 Å². The van der Waals surface area contributed by atoms with Crippen molar-refractivity contribution in [1.29, 1.82) is 0 Å². The Hall–Kier alpha value is -3.29. The molecule has 0 bridgehead atoms. The lowest BCUT2D eigenvalue weighted by Gasteiger charge is -2.10. The van der Waals surface area contributed by atoms with Gasteiger partial charge in [-0.15, -0.1) is 0 Å². The lowest BCUT2D eigenvalue weighted by atomic mass is 10.1. The molecule has 1 aliphatic heterocycles. The van der Waals surface area contributed by atoms with E-state index >= 15 is 0 Å². The maximum atomic E-state index is 13.1. The smallest absolute Gasteiger partial charge is 0.252 e. The SMILES string of the molecule is Cn1ncc2c(C(=O)NCc3ccc4c(c3)OCO4)cc(-c3ccc(Cl)cc3Cl)nc21. The standard InChI is InChI=1S/C22H16Cl2N4O3/c1-28-21-16(10-26-28)15(8-18(27-21)14-4-3-13(23)7-17(14)24)22(29)25-9-12-2-5-19-20(6-12)31-11-30-19/h2-8,10H,9,11H2,1H3,(H,25,29). The van der Waals surface area contributed by atoms with Crippen LogP contribution in [0.25, 0.3) is 22.3 Å². The number of nitrogens with zero attached hydrogens (tertiary/aromatic N) is 3. The normalized spacial score (nSPS) is 12.4. The molecule has 1 N–H and O–H groups in total. The number of hydrogen-bond acceptors (Lipinski definition) is 5. The van der Waals surface area contributed by atoms with E-state index in [1.807, 2.05) is 18.2 Å². The van der Waals surface area contributed by atoms with Crippen LogP contribution >= 0.6 is 23.2 Å². The van der Waals surface area contributed by atoms with Gasteiger partial charge in [0.05, 0.1) is 27.9 Å². The predicted octanol–water partition coefficient (Wildman–Crippen LogP) is 4.60. The molecular weight excluding hydrogens is 439 g/mol. The summed E-state index contributed by atoms with van der Waals surface area (Å²) in [6, 6.07) is 12.4. The number of rotatable bonds is 4. The molecule has 3 heterocycles. The molecule has 0 saturated carbocycles. The highest BCUT2D eigenvalue weighted by molar-refractivity contribution is 6.36. The molecule has 0 atom stereocenters. The maximum Gasteiger partial charge on any atom is 0.252 e. The second-order valence-corrected chi connectivity index (χ2v) is 7.90. The Kier molecular flexibility index (Phi) is 4.92. The van der Waals surface area contributed by atoms with Gasteiger partial charge in [0.2, 0.25) is 6.79 Å². The van der Waals surface area contributed by atoms with Crippen LogP contribution < -0.4 is 14.8 Å². The van der Waals surface area contributed by atoms with Crippen molar-refractivity contribution in [3.8, 4) is 22.8 Å². The second kappa shape index (κ2) is 7.76. The third kappa shape index (κ3) is 3.66. The molecule has 5 rings (SSSR count). The number of aryl methyl sites for hydroxylation is 1. The molecule has 7 nitrogen and oxygen atoms in total. The van der Waals surface area contributed by atoms with Gasteiger partial charge < -0.3 is 14.8 Å². The minimum Gasteiger partial charge on any atom is -0.454 e. The van der Waals surface area contributed by atoms with E-state index in [-0.39, 0.29) is 12.7 Å². The van der Waals surface area contributed by atoms with Crippen LogP contribution in [0.2, 0.25) is 10.0 Å². The van der Waals surface area contributed by atoms with E-state index in [0.717, 1.165) is 5.56 Å². The Morgan fingerprint density at radius 1 is 1.13 bits per heavy atom. The first-order chi connectivity index (χ1) is 15.0. The average molecular weight is 455 g/mol. The van der Waals surface area contributed by atoms with Crippen LogP contribution in [0.4, 0.5) is 0 Å². The van der Waals surface area contributed by atoms with E-state index in [4.69, 9.17) is 32.7 Å². The molecule has 31 heavy (non-hydrogen) atoms. The van der Waals surface area contributed by atoms with E-state index < -0.39 is 0 Å². The number of carbonyl (C=O) groups is 1. The minimum absolute atomic E-state index is 0.206. The van der Waals surface area contributed by atoms with Crippen molar-refractivity contribution in [3.63, 3.8) is 0 Å². The fourth-order valence-corrected chi connectivity index (χ4v) is 3.97. The lowest BCUT2D eigenvalue weighted by Crippen LogP contribution is -2.23. The Bertz CT molecular complexity index is 1340. The van der Waals surface area contributed by atoms with Gasteiger partial charge >= 0.3 is 0 Å². The van der Waals surface area contributed by atoms with E-state index in [1.165, 1.54) is 0 Å². The van der Waals surface area contributed by atoms with Crippen molar-refractivity contribution < 1.29 is 14.3 Å². The van der Waals surface area contributed by atoms with Gasteiger partial charge in [-0.05, 0) is 42.0 Å². The zero-order chi connectivity index (χ0) is 21.5. The van der Waals surface area contributed by atoms with Crippen LogP contribution in [0.15, 0.2) is 48.7 Å². The first-order valence-corrected chi connectivity index (χ1v) is 10.2. The summed E-state index contributed by atoms with van der Waals surface area (Å²) >= 11 is 12.4. The lowest BCUT2D eigenvalue weighted by molar-refractivity contribution is 0.0952. The minimum atomic E-state index is -0.246. The summed E-state index contributed by atoms with van der Waals surface area (Å²) in [5.41, 5.74) is 3.18. The number of carbonyl (C=O) groups excluding carboxylic acids is 1. The first kappa shape index (κ1) is 19.7. The Labute approximate surface area is 187 Å². The third-order valence-corrected chi connectivity index (χ3v) is 5.59. The highest BCUT2D eigenvalue weighted by Crippen LogP contribution is 2.33. The van der Waals surface area contributed by atoms with Crippen LogP contribution in [-0.2, 0) is 13.6 Å². The third-order valence-electron chi connectivity index (χ3n) is 5.05. The molecule has 0 radical (unpaired) electrons. The van der Waals surface area contributed by atoms with Crippen LogP contribution in [0.3, 0.4) is 0 Å². The number of halogens is 2. The van der Waals surface area contributed by atoms with E-state index in [2.05, 4.69) is 15.4 Å². The fraction of sp³-hybridized carbons (Fsp3) is 0.136. The van der Waals surface area contributed by atoms with Crippen molar-refractivity contribution in [1.82, 2.24) is 20.1 Å². The summed E-state index contributed by atoms with van der Waals surface area (Å²) in [5.74, 6) is 1.13. The van der Waals surface area contributed by atoms with Gasteiger partial charge in [-0.2, -0.15) is 5.10 Å². The fourth-order valence-electron chi connectivity index (χ4n) is 3.47. The van der Waals surface area contributed by atoms with Gasteiger partial charge in [0, 0.05) is 24.2 Å². The Balaban J connectivity index is 1.48. The molecule has 0 spiro atoms. The quantitative estimate of drug-likeness (QED) is 0.487. The topological polar surface area (TPSA) is 78.3 Å². The van der Waals surface area contributed by atoms with Gasteiger partial charge in [0.15, 0.2) is 17.1 Å². The van der Waals surface area contributed by atoms with E-state index in [9.17, 15) is 4.79 Å². The number of benzene rings is 2. The van der Waals surface area contributed by atoms with Crippen LogP contribution in [0, 0.1) is 0 Å². The largest absolute Gasteiger partial charge is 0.454 e. The van der Waals surface area contributed by atoms with Crippen molar-refractivity contribution in [3.05, 3.63) is 69.8 Å². The highest BCUT2D eigenvalue weighted by Gasteiger charge is 2.19. The molecule has 2 aromatic carbocycles. The monoisotopic (exact) mass is 454 g/mol. The number of aromatic nitrogens is 3. The molecule has 0 saturated heterocycles. The molecule has 0 fully saturated rings. The van der Waals surface area contributed by atoms with Gasteiger partial charge in [0.1, 0.15) is 0 Å². The Morgan fingerprint density at radius 3 is 2.81 bits per heavy atom. The van der Waals surface area contributed by atoms with Gasteiger partial charge in [-0.25, -0.2) is 4.98 Å². The Morgan fingerprint density at radius 2 is 1.97 bits per heavy atom.